The Kier molecular flexibility index (Phi) is 4.53. The van der Waals surface area contributed by atoms with Crippen molar-refractivity contribution in [1.29, 1.82) is 0 Å². The molecule has 1 N–H and O–H groups in total. The fraction of sp³-hybridized carbons (Fsp3) is 0.0769. The predicted octanol–water partition coefficient (Wildman–Crippen LogP) is 4.77. The Morgan fingerprint density at radius 3 is 2.57 bits per heavy atom. The van der Waals surface area contributed by atoms with Crippen molar-refractivity contribution in [3.05, 3.63) is 57.3 Å². The maximum Gasteiger partial charge on any atom is 0.416 e. The first-order valence-corrected chi connectivity index (χ1v) is 6.74. The van der Waals surface area contributed by atoms with Gasteiger partial charge in [-0.1, -0.05) is 33.6 Å². The van der Waals surface area contributed by atoms with E-state index in [2.05, 4.69) is 26.2 Å². The van der Waals surface area contributed by atoms with Gasteiger partial charge in [-0.05, 0) is 30.3 Å². The van der Waals surface area contributed by atoms with Crippen LogP contribution < -0.4 is 5.32 Å². The van der Waals surface area contributed by atoms with E-state index in [1.165, 1.54) is 24.3 Å². The molecule has 3 nitrogen and oxygen atoms in total. The quantitative estimate of drug-likeness (QED) is 0.764. The van der Waals surface area contributed by atoms with Crippen molar-refractivity contribution in [2.24, 2.45) is 0 Å². The Balaban J connectivity index is 2.27. The molecule has 0 saturated carbocycles. The van der Waals surface area contributed by atoms with Crippen LogP contribution in [0.3, 0.4) is 0 Å². The van der Waals surface area contributed by atoms with Crippen LogP contribution in [0.4, 0.5) is 18.9 Å². The van der Waals surface area contributed by atoms with Gasteiger partial charge >= 0.3 is 6.18 Å². The summed E-state index contributed by atoms with van der Waals surface area (Å²) in [5, 5.41) is 2.47. The van der Waals surface area contributed by atoms with Gasteiger partial charge in [0.25, 0.3) is 5.91 Å². The van der Waals surface area contributed by atoms with Crippen molar-refractivity contribution < 1.29 is 18.0 Å². The fourth-order valence-corrected chi connectivity index (χ4v) is 2.21. The van der Waals surface area contributed by atoms with E-state index in [1.54, 1.807) is 0 Å². The Labute approximate surface area is 131 Å². The van der Waals surface area contributed by atoms with Crippen molar-refractivity contribution >= 4 is 39.1 Å². The molecule has 2 aromatic rings. The summed E-state index contributed by atoms with van der Waals surface area (Å²) < 4.78 is 38.3. The van der Waals surface area contributed by atoms with E-state index in [0.717, 1.165) is 12.1 Å². The number of amides is 1. The molecule has 0 aliphatic rings. The SMILES string of the molecule is O=C(Nc1cc(Br)cc(C(F)(F)F)c1)c1cccc(Cl)n1. The highest BCUT2D eigenvalue weighted by molar-refractivity contribution is 9.10. The largest absolute Gasteiger partial charge is 0.416 e. The molecule has 2 rings (SSSR count). The topological polar surface area (TPSA) is 42.0 Å². The third-order valence-corrected chi connectivity index (χ3v) is 3.10. The van der Waals surface area contributed by atoms with Gasteiger partial charge in [-0.15, -0.1) is 0 Å². The predicted molar refractivity (Wildman–Crippen MR) is 76.3 cm³/mol. The van der Waals surface area contributed by atoms with Gasteiger partial charge in [-0.25, -0.2) is 4.98 Å². The lowest BCUT2D eigenvalue weighted by atomic mass is 10.2. The van der Waals surface area contributed by atoms with E-state index < -0.39 is 17.6 Å². The average Bonchev–Trinajstić information content (AvgIpc) is 2.37. The zero-order chi connectivity index (χ0) is 15.6. The monoisotopic (exact) mass is 378 g/mol. The molecule has 0 bridgehead atoms. The molecule has 0 aliphatic carbocycles. The number of rotatable bonds is 2. The highest BCUT2D eigenvalue weighted by atomic mass is 79.9. The summed E-state index contributed by atoms with van der Waals surface area (Å²) in [7, 11) is 0. The van der Waals surface area contributed by atoms with Crippen molar-refractivity contribution in [1.82, 2.24) is 4.98 Å². The molecule has 1 aromatic heterocycles. The summed E-state index contributed by atoms with van der Waals surface area (Å²) in [5.74, 6) is -0.649. The van der Waals surface area contributed by atoms with E-state index in [0.29, 0.717) is 0 Å². The third kappa shape index (κ3) is 4.18. The van der Waals surface area contributed by atoms with E-state index in [-0.39, 0.29) is 21.0 Å². The van der Waals surface area contributed by atoms with Gasteiger partial charge in [0.1, 0.15) is 10.8 Å². The zero-order valence-electron chi connectivity index (χ0n) is 10.2. The number of hydrogen-bond donors (Lipinski definition) is 1. The lowest BCUT2D eigenvalue weighted by molar-refractivity contribution is -0.137. The van der Waals surface area contributed by atoms with E-state index >= 15 is 0 Å². The molecule has 0 spiro atoms. The number of nitrogens with one attached hydrogen (secondary N) is 1. The number of hydrogen-bond acceptors (Lipinski definition) is 2. The molecule has 1 amide bonds. The number of nitrogens with zero attached hydrogens (tertiary/aromatic N) is 1. The fourth-order valence-electron chi connectivity index (χ4n) is 1.56. The molecule has 0 unspecified atom stereocenters. The first kappa shape index (κ1) is 15.8. The van der Waals surface area contributed by atoms with Crippen molar-refractivity contribution in [3.63, 3.8) is 0 Å². The number of alkyl halides is 3. The van der Waals surface area contributed by atoms with Crippen LogP contribution in [-0.4, -0.2) is 10.9 Å². The van der Waals surface area contributed by atoms with E-state index in [4.69, 9.17) is 11.6 Å². The van der Waals surface area contributed by atoms with Gasteiger partial charge in [-0.2, -0.15) is 13.2 Å². The summed E-state index contributed by atoms with van der Waals surface area (Å²) >= 11 is 8.63. The summed E-state index contributed by atoms with van der Waals surface area (Å²) in [6.45, 7) is 0. The van der Waals surface area contributed by atoms with Gasteiger partial charge in [-0.3, -0.25) is 4.79 Å². The van der Waals surface area contributed by atoms with Gasteiger partial charge in [0.2, 0.25) is 0 Å². The van der Waals surface area contributed by atoms with Gasteiger partial charge in [0.15, 0.2) is 0 Å². The van der Waals surface area contributed by atoms with Crippen LogP contribution >= 0.6 is 27.5 Å². The second-order valence-corrected chi connectivity index (χ2v) is 5.33. The van der Waals surface area contributed by atoms with Crippen LogP contribution in [0.1, 0.15) is 16.1 Å². The van der Waals surface area contributed by atoms with Gasteiger partial charge in [0, 0.05) is 10.2 Å². The van der Waals surface area contributed by atoms with Crippen LogP contribution in [0.5, 0.6) is 0 Å². The molecule has 110 valence electrons. The second-order valence-electron chi connectivity index (χ2n) is 4.03. The molecular formula is C13H7BrClF3N2O. The average molecular weight is 380 g/mol. The van der Waals surface area contributed by atoms with Gasteiger partial charge in [0.05, 0.1) is 5.56 Å². The Morgan fingerprint density at radius 1 is 1.24 bits per heavy atom. The normalized spacial score (nSPS) is 11.3. The molecule has 1 heterocycles. The lowest BCUT2D eigenvalue weighted by Gasteiger charge is -2.11. The smallest absolute Gasteiger partial charge is 0.321 e. The van der Waals surface area contributed by atoms with Crippen LogP contribution in [0.2, 0.25) is 5.15 Å². The maximum absolute atomic E-state index is 12.7. The standard InChI is InChI=1S/C13H7BrClF3N2O/c14-8-4-7(13(16,17)18)5-9(6-8)19-12(21)10-2-1-3-11(15)20-10/h1-6H,(H,19,21). The summed E-state index contributed by atoms with van der Waals surface area (Å²) in [6, 6.07) is 7.54. The number of anilines is 1. The lowest BCUT2D eigenvalue weighted by Crippen LogP contribution is -2.14. The number of carbonyl (C=O) groups is 1. The minimum atomic E-state index is -4.50. The first-order valence-electron chi connectivity index (χ1n) is 5.57. The Hall–Kier alpha value is -1.60. The molecule has 0 radical (unpaired) electrons. The first-order chi connectivity index (χ1) is 9.75. The number of benzene rings is 1. The second kappa shape index (κ2) is 6.03. The summed E-state index contributed by atoms with van der Waals surface area (Å²) in [4.78, 5) is 15.7. The van der Waals surface area contributed by atoms with E-state index in [9.17, 15) is 18.0 Å². The van der Waals surface area contributed by atoms with Crippen molar-refractivity contribution in [2.75, 3.05) is 5.32 Å². The van der Waals surface area contributed by atoms with E-state index in [1.807, 2.05) is 0 Å². The maximum atomic E-state index is 12.7. The number of pyridine rings is 1. The van der Waals surface area contributed by atoms with Gasteiger partial charge < -0.3 is 5.32 Å². The molecule has 21 heavy (non-hydrogen) atoms. The van der Waals surface area contributed by atoms with Crippen LogP contribution in [-0.2, 0) is 6.18 Å². The Morgan fingerprint density at radius 2 is 1.95 bits per heavy atom. The van der Waals surface area contributed by atoms with Crippen LogP contribution in [0, 0.1) is 0 Å². The van der Waals surface area contributed by atoms with Crippen LogP contribution in [0.15, 0.2) is 40.9 Å². The molecule has 8 heteroatoms. The molecular weight excluding hydrogens is 373 g/mol. The highest BCUT2D eigenvalue weighted by Gasteiger charge is 2.31. The minimum Gasteiger partial charge on any atom is -0.321 e. The minimum absolute atomic E-state index is 0.00322. The molecule has 1 aromatic carbocycles. The zero-order valence-corrected chi connectivity index (χ0v) is 12.6. The highest BCUT2D eigenvalue weighted by Crippen LogP contribution is 2.33. The number of aromatic nitrogens is 1. The van der Waals surface area contributed by atoms with Crippen molar-refractivity contribution in [3.8, 4) is 0 Å². The molecule has 0 atom stereocenters. The van der Waals surface area contributed by atoms with Crippen molar-refractivity contribution in [2.45, 2.75) is 6.18 Å². The number of halogens is 5. The third-order valence-electron chi connectivity index (χ3n) is 2.43. The summed E-state index contributed by atoms with van der Waals surface area (Å²) in [6.07, 6.45) is -4.50. The Bertz CT molecular complexity index is 691. The molecule has 0 aliphatic heterocycles. The summed E-state index contributed by atoms with van der Waals surface area (Å²) in [5.41, 5.74) is -0.856. The molecule has 0 fully saturated rings. The number of carbonyl (C=O) groups excluding carboxylic acids is 1. The molecule has 0 saturated heterocycles. The van der Waals surface area contributed by atoms with Crippen LogP contribution in [0.25, 0.3) is 0 Å².